The third-order valence-electron chi connectivity index (χ3n) is 3.66. The van der Waals surface area contributed by atoms with Crippen LogP contribution in [0.2, 0.25) is 0 Å². The maximum absolute atomic E-state index is 12.2. The highest BCUT2D eigenvalue weighted by Gasteiger charge is 2.11. The summed E-state index contributed by atoms with van der Waals surface area (Å²) in [5.74, 6) is 0.503. The molecule has 0 fully saturated rings. The Morgan fingerprint density at radius 2 is 2.05 bits per heavy atom. The maximum Gasteiger partial charge on any atom is 0.259 e. The standard InChI is InChI=1S/C17H14N2O3/c1-19-9-15(13-5-6-18-8-14(13)17(19)21)11-3-4-12(10-20)16(7-11)22-2/h3-10H,1-2H3. The van der Waals surface area contributed by atoms with Crippen LogP contribution >= 0.6 is 0 Å². The molecule has 110 valence electrons. The molecule has 0 amide bonds. The molecule has 0 bridgehead atoms. The van der Waals surface area contributed by atoms with Gasteiger partial charge in [0.25, 0.3) is 5.56 Å². The molecule has 5 heteroatoms. The minimum Gasteiger partial charge on any atom is -0.496 e. The third-order valence-corrected chi connectivity index (χ3v) is 3.66. The van der Waals surface area contributed by atoms with Crippen molar-refractivity contribution >= 4 is 17.1 Å². The SMILES string of the molecule is COc1cc(-c2cn(C)c(=O)c3cnccc23)ccc1C=O. The van der Waals surface area contributed by atoms with E-state index in [1.807, 2.05) is 12.1 Å². The molecule has 0 N–H and O–H groups in total. The first-order valence-corrected chi connectivity index (χ1v) is 6.72. The molecule has 2 heterocycles. The molecular weight excluding hydrogens is 280 g/mol. The van der Waals surface area contributed by atoms with Crippen molar-refractivity contribution < 1.29 is 9.53 Å². The van der Waals surface area contributed by atoms with E-state index in [4.69, 9.17) is 4.74 Å². The van der Waals surface area contributed by atoms with Crippen LogP contribution in [0.25, 0.3) is 21.9 Å². The van der Waals surface area contributed by atoms with Gasteiger partial charge in [-0.25, -0.2) is 0 Å². The van der Waals surface area contributed by atoms with E-state index in [9.17, 15) is 9.59 Å². The second-order valence-electron chi connectivity index (χ2n) is 4.95. The number of hydrogen-bond donors (Lipinski definition) is 0. The number of rotatable bonds is 3. The van der Waals surface area contributed by atoms with Gasteiger partial charge >= 0.3 is 0 Å². The zero-order valence-corrected chi connectivity index (χ0v) is 12.2. The van der Waals surface area contributed by atoms with Crippen molar-refractivity contribution in [3.63, 3.8) is 0 Å². The predicted octanol–water partition coefficient (Wildman–Crippen LogP) is 2.42. The molecule has 0 radical (unpaired) electrons. The number of nitrogens with zero attached hydrogens (tertiary/aromatic N) is 2. The highest BCUT2D eigenvalue weighted by Crippen LogP contribution is 2.30. The average molecular weight is 294 g/mol. The molecule has 3 aromatic rings. The van der Waals surface area contributed by atoms with Crippen molar-refractivity contribution in [3.05, 3.63) is 58.8 Å². The predicted molar refractivity (Wildman–Crippen MR) is 84.4 cm³/mol. The Kier molecular flexibility index (Phi) is 3.47. The van der Waals surface area contributed by atoms with Gasteiger partial charge in [-0.15, -0.1) is 0 Å². The van der Waals surface area contributed by atoms with Crippen molar-refractivity contribution in [2.24, 2.45) is 7.05 Å². The van der Waals surface area contributed by atoms with E-state index in [2.05, 4.69) is 4.98 Å². The molecule has 0 atom stereocenters. The van der Waals surface area contributed by atoms with E-state index in [0.29, 0.717) is 16.7 Å². The van der Waals surface area contributed by atoms with Crippen LogP contribution in [0.5, 0.6) is 5.75 Å². The van der Waals surface area contributed by atoms with Gasteiger partial charge < -0.3 is 9.30 Å². The summed E-state index contributed by atoms with van der Waals surface area (Å²) in [6, 6.07) is 7.15. The summed E-state index contributed by atoms with van der Waals surface area (Å²) in [5, 5.41) is 1.37. The number of aldehydes is 1. The minimum atomic E-state index is -0.0941. The number of hydrogen-bond acceptors (Lipinski definition) is 4. The van der Waals surface area contributed by atoms with Crippen molar-refractivity contribution in [1.29, 1.82) is 0 Å². The third kappa shape index (κ3) is 2.16. The number of benzene rings is 1. The van der Waals surface area contributed by atoms with Crippen molar-refractivity contribution in [2.75, 3.05) is 7.11 Å². The lowest BCUT2D eigenvalue weighted by atomic mass is 10.0. The first-order chi connectivity index (χ1) is 10.7. The quantitative estimate of drug-likeness (QED) is 0.696. The fraction of sp³-hybridized carbons (Fsp3) is 0.118. The summed E-state index contributed by atoms with van der Waals surface area (Å²) in [6.07, 6.45) is 5.76. The molecule has 0 saturated carbocycles. The van der Waals surface area contributed by atoms with Crippen LogP contribution in [0.3, 0.4) is 0 Å². The Bertz CT molecular complexity index is 929. The molecule has 0 aliphatic heterocycles. The first-order valence-electron chi connectivity index (χ1n) is 6.72. The van der Waals surface area contributed by atoms with E-state index in [-0.39, 0.29) is 5.56 Å². The lowest BCUT2D eigenvalue weighted by Crippen LogP contribution is -2.16. The summed E-state index contributed by atoms with van der Waals surface area (Å²) in [4.78, 5) is 27.2. The molecule has 0 aliphatic carbocycles. The van der Waals surface area contributed by atoms with Crippen LogP contribution < -0.4 is 10.3 Å². The molecule has 22 heavy (non-hydrogen) atoms. The van der Waals surface area contributed by atoms with Crippen molar-refractivity contribution in [3.8, 4) is 16.9 Å². The Morgan fingerprint density at radius 1 is 1.23 bits per heavy atom. The summed E-state index contributed by atoms with van der Waals surface area (Å²) in [5.41, 5.74) is 2.15. The Labute approximate surface area is 126 Å². The molecule has 2 aromatic heterocycles. The lowest BCUT2D eigenvalue weighted by molar-refractivity contribution is 0.112. The zero-order valence-electron chi connectivity index (χ0n) is 12.2. The fourth-order valence-corrected chi connectivity index (χ4v) is 2.52. The zero-order chi connectivity index (χ0) is 15.7. The fourth-order valence-electron chi connectivity index (χ4n) is 2.52. The van der Waals surface area contributed by atoms with Crippen molar-refractivity contribution in [2.45, 2.75) is 0 Å². The highest BCUT2D eigenvalue weighted by atomic mass is 16.5. The second-order valence-corrected chi connectivity index (χ2v) is 4.95. The lowest BCUT2D eigenvalue weighted by Gasteiger charge is -2.11. The van der Waals surface area contributed by atoms with E-state index in [0.717, 1.165) is 22.8 Å². The first kappa shape index (κ1) is 14.0. The summed E-state index contributed by atoms with van der Waals surface area (Å²) < 4.78 is 6.78. The van der Waals surface area contributed by atoms with Crippen LogP contribution in [0.15, 0.2) is 47.7 Å². The monoisotopic (exact) mass is 294 g/mol. The molecule has 0 unspecified atom stereocenters. The topological polar surface area (TPSA) is 61.2 Å². The number of carbonyl (C=O) groups excluding carboxylic acids is 1. The van der Waals surface area contributed by atoms with E-state index in [1.54, 1.807) is 37.8 Å². The summed E-state index contributed by atoms with van der Waals surface area (Å²) in [7, 11) is 3.23. The van der Waals surface area contributed by atoms with Gasteiger partial charge in [0, 0.05) is 31.2 Å². The van der Waals surface area contributed by atoms with E-state index < -0.39 is 0 Å². The molecule has 0 saturated heterocycles. The van der Waals surface area contributed by atoms with E-state index in [1.165, 1.54) is 11.7 Å². The molecule has 0 aliphatic rings. The van der Waals surface area contributed by atoms with E-state index >= 15 is 0 Å². The normalized spacial score (nSPS) is 10.6. The van der Waals surface area contributed by atoms with Gasteiger partial charge in [0.05, 0.1) is 18.1 Å². The molecule has 1 aromatic carbocycles. The van der Waals surface area contributed by atoms with Gasteiger partial charge in [0.1, 0.15) is 5.75 Å². The average Bonchev–Trinajstić information content (AvgIpc) is 2.57. The largest absolute Gasteiger partial charge is 0.496 e. The second kappa shape index (κ2) is 5.44. The number of aromatic nitrogens is 2. The Hall–Kier alpha value is -2.95. The highest BCUT2D eigenvalue weighted by molar-refractivity contribution is 5.96. The number of ether oxygens (including phenoxy) is 1. The number of pyridine rings is 2. The minimum absolute atomic E-state index is 0.0941. The molecular formula is C17H14N2O3. The van der Waals surface area contributed by atoms with Gasteiger partial charge in [-0.1, -0.05) is 6.07 Å². The van der Waals surface area contributed by atoms with Crippen LogP contribution in [-0.4, -0.2) is 22.9 Å². The Balaban J connectivity index is 2.33. The summed E-state index contributed by atoms with van der Waals surface area (Å²) >= 11 is 0. The summed E-state index contributed by atoms with van der Waals surface area (Å²) in [6.45, 7) is 0. The van der Waals surface area contributed by atoms with Gasteiger partial charge in [-0.2, -0.15) is 0 Å². The van der Waals surface area contributed by atoms with Gasteiger partial charge in [0.2, 0.25) is 0 Å². The van der Waals surface area contributed by atoms with Gasteiger partial charge in [-0.05, 0) is 29.1 Å². The van der Waals surface area contributed by atoms with Gasteiger partial charge in [-0.3, -0.25) is 14.6 Å². The smallest absolute Gasteiger partial charge is 0.259 e. The van der Waals surface area contributed by atoms with Crippen LogP contribution in [0, 0.1) is 0 Å². The van der Waals surface area contributed by atoms with Crippen molar-refractivity contribution in [1.82, 2.24) is 9.55 Å². The van der Waals surface area contributed by atoms with Gasteiger partial charge in [0.15, 0.2) is 6.29 Å². The number of methoxy groups -OCH3 is 1. The van der Waals surface area contributed by atoms with Crippen LogP contribution in [0.4, 0.5) is 0 Å². The molecule has 5 nitrogen and oxygen atoms in total. The maximum atomic E-state index is 12.2. The number of fused-ring (bicyclic) bond motifs is 1. The molecule has 3 rings (SSSR count). The van der Waals surface area contributed by atoms with Crippen LogP contribution in [-0.2, 0) is 7.05 Å². The number of carbonyl (C=O) groups is 1. The number of aryl methyl sites for hydroxylation is 1. The Morgan fingerprint density at radius 3 is 2.77 bits per heavy atom. The van der Waals surface area contributed by atoms with Crippen LogP contribution in [0.1, 0.15) is 10.4 Å². The molecule has 0 spiro atoms.